The van der Waals surface area contributed by atoms with Gasteiger partial charge in [-0.3, -0.25) is 9.78 Å². The van der Waals surface area contributed by atoms with Crippen molar-refractivity contribution < 1.29 is 9.90 Å². The molecule has 4 nitrogen and oxygen atoms in total. The van der Waals surface area contributed by atoms with Gasteiger partial charge in [-0.15, -0.1) is 0 Å². The summed E-state index contributed by atoms with van der Waals surface area (Å²) in [6.45, 7) is 1.87. The Kier molecular flexibility index (Phi) is 2.21. The average molecular weight is 240 g/mol. The molecule has 2 N–H and O–H groups in total. The number of anilines is 1. The lowest BCUT2D eigenvalue weighted by Crippen LogP contribution is -2.35. The van der Waals surface area contributed by atoms with Crippen molar-refractivity contribution in [3.63, 3.8) is 0 Å². The van der Waals surface area contributed by atoms with E-state index in [1.165, 1.54) is 6.20 Å². The van der Waals surface area contributed by atoms with Gasteiger partial charge < -0.3 is 10.4 Å². The molecule has 0 spiro atoms. The largest absolute Gasteiger partial charge is 0.372 e. The van der Waals surface area contributed by atoms with Crippen molar-refractivity contribution in [3.05, 3.63) is 59.4 Å². The Balaban J connectivity index is 2.23. The highest BCUT2D eigenvalue weighted by Crippen LogP contribution is 2.40. The fourth-order valence-corrected chi connectivity index (χ4v) is 2.28. The molecule has 0 saturated carbocycles. The molecule has 1 aliphatic heterocycles. The maximum Gasteiger partial charge on any atom is 0.265 e. The van der Waals surface area contributed by atoms with Crippen LogP contribution in [0, 0.1) is 6.92 Å². The van der Waals surface area contributed by atoms with Crippen LogP contribution in [0.25, 0.3) is 0 Å². The predicted molar refractivity (Wildman–Crippen MR) is 67.0 cm³/mol. The number of nitrogens with one attached hydrogen (secondary N) is 1. The third-order valence-corrected chi connectivity index (χ3v) is 3.19. The van der Waals surface area contributed by atoms with Crippen molar-refractivity contribution in [3.8, 4) is 0 Å². The van der Waals surface area contributed by atoms with E-state index in [1.807, 2.05) is 13.0 Å². The van der Waals surface area contributed by atoms with E-state index >= 15 is 0 Å². The van der Waals surface area contributed by atoms with E-state index in [2.05, 4.69) is 10.3 Å². The van der Waals surface area contributed by atoms with Gasteiger partial charge in [-0.1, -0.05) is 18.2 Å². The fourth-order valence-electron chi connectivity index (χ4n) is 2.28. The van der Waals surface area contributed by atoms with Crippen LogP contribution in [0.5, 0.6) is 0 Å². The molecule has 3 rings (SSSR count). The second-order valence-electron chi connectivity index (χ2n) is 4.46. The Morgan fingerprint density at radius 2 is 2.06 bits per heavy atom. The normalized spacial score (nSPS) is 21.6. The molecule has 0 fully saturated rings. The molecule has 2 heterocycles. The number of nitrogens with zero attached hydrogens (tertiary/aromatic N) is 1. The average Bonchev–Trinajstić information content (AvgIpc) is 2.63. The number of fused-ring (bicyclic) bond motifs is 1. The number of para-hydroxylation sites is 1. The quantitative estimate of drug-likeness (QED) is 0.795. The van der Waals surface area contributed by atoms with Gasteiger partial charge in [0, 0.05) is 29.2 Å². The van der Waals surface area contributed by atoms with E-state index in [4.69, 9.17) is 0 Å². The summed E-state index contributed by atoms with van der Waals surface area (Å²) in [6, 6.07) is 8.91. The minimum Gasteiger partial charge on any atom is -0.372 e. The first-order valence-corrected chi connectivity index (χ1v) is 5.68. The summed E-state index contributed by atoms with van der Waals surface area (Å²) >= 11 is 0. The number of rotatable bonds is 1. The molecular weight excluding hydrogens is 228 g/mol. The SMILES string of the molecule is Cc1cncc(C2(O)C(=O)Nc3ccccc32)c1. The van der Waals surface area contributed by atoms with Gasteiger partial charge in [-0.2, -0.15) is 0 Å². The molecule has 1 amide bonds. The molecule has 1 aromatic carbocycles. The molecule has 1 atom stereocenters. The number of hydrogen-bond donors (Lipinski definition) is 2. The third kappa shape index (κ3) is 1.36. The smallest absolute Gasteiger partial charge is 0.265 e. The molecule has 0 radical (unpaired) electrons. The van der Waals surface area contributed by atoms with Gasteiger partial charge in [-0.25, -0.2) is 0 Å². The van der Waals surface area contributed by atoms with Gasteiger partial charge in [0.25, 0.3) is 5.91 Å². The Morgan fingerprint density at radius 1 is 1.28 bits per heavy atom. The van der Waals surface area contributed by atoms with Crippen molar-refractivity contribution in [1.29, 1.82) is 0 Å². The minimum atomic E-state index is -1.64. The van der Waals surface area contributed by atoms with Crippen LogP contribution in [-0.4, -0.2) is 16.0 Å². The number of carbonyl (C=O) groups is 1. The Bertz CT molecular complexity index is 639. The van der Waals surface area contributed by atoms with Crippen LogP contribution in [0.2, 0.25) is 0 Å². The van der Waals surface area contributed by atoms with Gasteiger partial charge in [0.15, 0.2) is 5.60 Å². The van der Waals surface area contributed by atoms with Gasteiger partial charge >= 0.3 is 0 Å². The lowest BCUT2D eigenvalue weighted by molar-refractivity contribution is -0.129. The van der Waals surface area contributed by atoms with Gasteiger partial charge in [0.2, 0.25) is 0 Å². The molecule has 4 heteroatoms. The second kappa shape index (κ2) is 3.65. The van der Waals surface area contributed by atoms with E-state index in [1.54, 1.807) is 30.5 Å². The maximum absolute atomic E-state index is 12.1. The highest BCUT2D eigenvalue weighted by atomic mass is 16.3. The van der Waals surface area contributed by atoms with Crippen LogP contribution in [-0.2, 0) is 10.4 Å². The summed E-state index contributed by atoms with van der Waals surface area (Å²) in [7, 11) is 0. The summed E-state index contributed by atoms with van der Waals surface area (Å²) < 4.78 is 0. The number of pyridine rings is 1. The number of aliphatic hydroxyl groups is 1. The lowest BCUT2D eigenvalue weighted by atomic mass is 9.88. The maximum atomic E-state index is 12.1. The van der Waals surface area contributed by atoms with Crippen LogP contribution >= 0.6 is 0 Å². The molecule has 0 bridgehead atoms. The second-order valence-corrected chi connectivity index (χ2v) is 4.46. The molecule has 2 aromatic rings. The number of aryl methyl sites for hydroxylation is 1. The van der Waals surface area contributed by atoms with E-state index < -0.39 is 11.5 Å². The van der Waals surface area contributed by atoms with Crippen molar-refractivity contribution in [2.24, 2.45) is 0 Å². The standard InChI is InChI=1S/C14H12N2O2/c1-9-6-10(8-15-7-9)14(18)11-4-2-3-5-12(11)16-13(14)17/h2-8,18H,1H3,(H,16,17). The summed E-state index contributed by atoms with van der Waals surface area (Å²) in [6.07, 6.45) is 3.21. The van der Waals surface area contributed by atoms with Crippen molar-refractivity contribution in [2.75, 3.05) is 5.32 Å². The third-order valence-electron chi connectivity index (χ3n) is 3.19. The van der Waals surface area contributed by atoms with Gasteiger partial charge in [0.05, 0.1) is 0 Å². The van der Waals surface area contributed by atoms with E-state index in [-0.39, 0.29) is 0 Å². The molecular formula is C14H12N2O2. The number of amides is 1. The Morgan fingerprint density at radius 3 is 2.83 bits per heavy atom. The molecule has 1 aromatic heterocycles. The fraction of sp³-hybridized carbons (Fsp3) is 0.143. The zero-order valence-electron chi connectivity index (χ0n) is 9.84. The molecule has 1 aliphatic rings. The number of hydrogen-bond acceptors (Lipinski definition) is 3. The van der Waals surface area contributed by atoms with Crippen LogP contribution in [0.3, 0.4) is 0 Å². The zero-order chi connectivity index (χ0) is 12.8. The topological polar surface area (TPSA) is 62.2 Å². The van der Waals surface area contributed by atoms with Crippen LogP contribution in [0.1, 0.15) is 16.7 Å². The minimum absolute atomic E-state index is 0.434. The molecule has 18 heavy (non-hydrogen) atoms. The Hall–Kier alpha value is -2.20. The van der Waals surface area contributed by atoms with Crippen molar-refractivity contribution in [2.45, 2.75) is 12.5 Å². The summed E-state index contributed by atoms with van der Waals surface area (Å²) in [5.41, 5.74) is 0.965. The monoisotopic (exact) mass is 240 g/mol. The zero-order valence-corrected chi connectivity index (χ0v) is 9.84. The summed E-state index contributed by atoms with van der Waals surface area (Å²) in [4.78, 5) is 16.1. The molecule has 0 saturated heterocycles. The van der Waals surface area contributed by atoms with E-state index in [9.17, 15) is 9.90 Å². The molecule has 1 unspecified atom stereocenters. The van der Waals surface area contributed by atoms with E-state index in [0.29, 0.717) is 16.8 Å². The highest BCUT2D eigenvalue weighted by molar-refractivity contribution is 6.07. The number of aromatic nitrogens is 1. The van der Waals surface area contributed by atoms with Crippen molar-refractivity contribution >= 4 is 11.6 Å². The van der Waals surface area contributed by atoms with E-state index in [0.717, 1.165) is 5.56 Å². The Labute approximate surface area is 104 Å². The molecule has 0 aliphatic carbocycles. The first-order valence-electron chi connectivity index (χ1n) is 5.68. The molecule has 90 valence electrons. The van der Waals surface area contributed by atoms with Crippen LogP contribution < -0.4 is 5.32 Å². The van der Waals surface area contributed by atoms with Gasteiger partial charge in [0.1, 0.15) is 0 Å². The number of benzene rings is 1. The van der Waals surface area contributed by atoms with Crippen LogP contribution in [0.15, 0.2) is 42.7 Å². The summed E-state index contributed by atoms with van der Waals surface area (Å²) in [5, 5.41) is 13.4. The van der Waals surface area contributed by atoms with Crippen molar-refractivity contribution in [1.82, 2.24) is 4.98 Å². The number of carbonyl (C=O) groups excluding carboxylic acids is 1. The summed E-state index contributed by atoms with van der Waals surface area (Å²) in [5.74, 6) is -0.434. The highest BCUT2D eigenvalue weighted by Gasteiger charge is 2.46. The lowest BCUT2D eigenvalue weighted by Gasteiger charge is -2.21. The van der Waals surface area contributed by atoms with Gasteiger partial charge in [-0.05, 0) is 24.6 Å². The first-order chi connectivity index (χ1) is 8.62. The predicted octanol–water partition coefficient (Wildman–Crippen LogP) is 1.58. The first kappa shape index (κ1) is 10.9. The van der Waals surface area contributed by atoms with Crippen LogP contribution in [0.4, 0.5) is 5.69 Å².